The zero-order valence-electron chi connectivity index (χ0n) is 15.9. The predicted octanol–water partition coefficient (Wildman–Crippen LogP) is 4.10. The van der Waals surface area contributed by atoms with Crippen molar-refractivity contribution >= 4 is 44.0 Å². The van der Waals surface area contributed by atoms with Crippen molar-refractivity contribution in [3.8, 4) is 0 Å². The molecular formula is C19H19ClN4O3S2. The number of nitrogens with one attached hydrogen (secondary N) is 2. The number of amides is 1. The summed E-state index contributed by atoms with van der Waals surface area (Å²) in [5.41, 5.74) is 3.22. The third-order valence-electron chi connectivity index (χ3n) is 4.20. The molecule has 7 nitrogen and oxygen atoms in total. The number of carbonyl (C=O) groups excluding carboxylic acids is 1. The Labute approximate surface area is 178 Å². The van der Waals surface area contributed by atoms with Gasteiger partial charge in [0, 0.05) is 6.04 Å². The van der Waals surface area contributed by atoms with Crippen molar-refractivity contribution in [2.75, 3.05) is 5.32 Å². The molecule has 152 valence electrons. The molecule has 0 spiro atoms. The molecular weight excluding hydrogens is 432 g/mol. The zero-order valence-corrected chi connectivity index (χ0v) is 18.3. The predicted molar refractivity (Wildman–Crippen MR) is 114 cm³/mol. The van der Waals surface area contributed by atoms with E-state index in [9.17, 15) is 13.2 Å². The largest absolute Gasteiger partial charge is 0.296 e. The molecule has 0 saturated heterocycles. The number of halogens is 1. The molecule has 1 atom stereocenters. The van der Waals surface area contributed by atoms with E-state index in [1.165, 1.54) is 0 Å². The monoisotopic (exact) mass is 450 g/mol. The van der Waals surface area contributed by atoms with Crippen molar-refractivity contribution in [1.29, 1.82) is 0 Å². The highest BCUT2D eigenvalue weighted by atomic mass is 35.5. The molecule has 2 N–H and O–H groups in total. The van der Waals surface area contributed by atoms with Crippen LogP contribution in [0, 0.1) is 13.8 Å². The molecule has 1 heterocycles. The number of hydrogen-bond acceptors (Lipinski definition) is 6. The molecule has 0 saturated carbocycles. The number of nitrogens with zero attached hydrogens (tertiary/aromatic N) is 2. The average Bonchev–Trinajstić information content (AvgIpc) is 3.11. The first-order valence-electron chi connectivity index (χ1n) is 8.66. The van der Waals surface area contributed by atoms with Crippen LogP contribution < -0.4 is 10.0 Å². The van der Waals surface area contributed by atoms with Gasteiger partial charge in [0.25, 0.3) is 15.9 Å². The number of carbonyl (C=O) groups is 1. The highest BCUT2D eigenvalue weighted by molar-refractivity contribution is 7.91. The lowest BCUT2D eigenvalue weighted by atomic mass is 10.0. The Morgan fingerprint density at radius 3 is 2.55 bits per heavy atom. The SMILES string of the molecule is Cc1ccc([C@H](C)NS(=O)(=O)c2nnc(NC(=O)c3ccccc3Cl)s2)c(C)c1. The van der Waals surface area contributed by atoms with Gasteiger partial charge in [0.1, 0.15) is 0 Å². The summed E-state index contributed by atoms with van der Waals surface area (Å²) in [6, 6.07) is 11.9. The molecule has 3 aromatic rings. The van der Waals surface area contributed by atoms with E-state index >= 15 is 0 Å². The lowest BCUT2D eigenvalue weighted by Crippen LogP contribution is -2.27. The Morgan fingerprint density at radius 2 is 1.86 bits per heavy atom. The molecule has 0 fully saturated rings. The van der Waals surface area contributed by atoms with Crippen LogP contribution in [0.2, 0.25) is 5.02 Å². The van der Waals surface area contributed by atoms with Gasteiger partial charge in [-0.25, -0.2) is 13.1 Å². The highest BCUT2D eigenvalue weighted by Gasteiger charge is 2.24. The van der Waals surface area contributed by atoms with E-state index in [-0.39, 0.29) is 20.1 Å². The molecule has 1 amide bonds. The standard InChI is InChI=1S/C19H19ClN4O3S2/c1-11-8-9-14(12(2)10-11)13(3)24-29(26,27)19-23-22-18(28-19)21-17(25)15-6-4-5-7-16(15)20/h4-10,13,24H,1-3H3,(H,21,22,25)/t13-/m0/s1. The van der Waals surface area contributed by atoms with Gasteiger partial charge in [-0.05, 0) is 44.0 Å². The first-order valence-corrected chi connectivity index (χ1v) is 11.3. The van der Waals surface area contributed by atoms with E-state index in [2.05, 4.69) is 20.2 Å². The molecule has 3 rings (SSSR count). The van der Waals surface area contributed by atoms with Gasteiger partial charge in [-0.2, -0.15) is 0 Å². The smallest absolute Gasteiger partial charge is 0.270 e. The summed E-state index contributed by atoms with van der Waals surface area (Å²) < 4.78 is 27.7. The normalized spacial score (nSPS) is 12.6. The van der Waals surface area contributed by atoms with Crippen LogP contribution in [0.3, 0.4) is 0 Å². The number of anilines is 1. The molecule has 2 aromatic carbocycles. The van der Waals surface area contributed by atoms with Crippen LogP contribution in [0.15, 0.2) is 46.8 Å². The summed E-state index contributed by atoms with van der Waals surface area (Å²) in [6.07, 6.45) is 0. The van der Waals surface area contributed by atoms with Crippen LogP contribution >= 0.6 is 22.9 Å². The van der Waals surface area contributed by atoms with E-state index in [1.54, 1.807) is 31.2 Å². The average molecular weight is 451 g/mol. The Bertz CT molecular complexity index is 1160. The second-order valence-corrected chi connectivity index (χ2v) is 9.78. The number of rotatable bonds is 6. The lowest BCUT2D eigenvalue weighted by molar-refractivity contribution is 0.102. The lowest BCUT2D eigenvalue weighted by Gasteiger charge is -2.16. The fraction of sp³-hybridized carbons (Fsp3) is 0.211. The van der Waals surface area contributed by atoms with Gasteiger partial charge in [0.2, 0.25) is 9.47 Å². The third kappa shape index (κ3) is 4.99. The maximum atomic E-state index is 12.7. The Morgan fingerprint density at radius 1 is 1.14 bits per heavy atom. The van der Waals surface area contributed by atoms with Crippen LogP contribution in [0.4, 0.5) is 5.13 Å². The fourth-order valence-corrected chi connectivity index (χ4v) is 5.19. The number of benzene rings is 2. The molecule has 0 unspecified atom stereocenters. The van der Waals surface area contributed by atoms with E-state index in [0.717, 1.165) is 28.0 Å². The maximum Gasteiger partial charge on any atom is 0.270 e. The van der Waals surface area contributed by atoms with Crippen LogP contribution in [-0.2, 0) is 10.0 Å². The first kappa shape index (κ1) is 21.4. The van der Waals surface area contributed by atoms with Crippen molar-refractivity contribution in [2.24, 2.45) is 0 Å². The number of aromatic nitrogens is 2. The quantitative estimate of drug-likeness (QED) is 0.550. The summed E-state index contributed by atoms with van der Waals surface area (Å²) in [6.45, 7) is 5.67. The van der Waals surface area contributed by atoms with Gasteiger partial charge < -0.3 is 0 Å². The Kier molecular flexibility index (Phi) is 6.33. The summed E-state index contributed by atoms with van der Waals surface area (Å²) in [5, 5.41) is 10.3. The summed E-state index contributed by atoms with van der Waals surface area (Å²) in [4.78, 5) is 12.3. The van der Waals surface area contributed by atoms with Gasteiger partial charge in [-0.1, -0.05) is 58.8 Å². The molecule has 0 bridgehead atoms. The maximum absolute atomic E-state index is 12.7. The number of hydrogen-bond donors (Lipinski definition) is 2. The van der Waals surface area contributed by atoms with E-state index in [1.807, 2.05) is 32.0 Å². The van der Waals surface area contributed by atoms with Crippen molar-refractivity contribution in [3.63, 3.8) is 0 Å². The minimum Gasteiger partial charge on any atom is -0.296 e. The van der Waals surface area contributed by atoms with E-state index < -0.39 is 22.0 Å². The molecule has 10 heteroatoms. The summed E-state index contributed by atoms with van der Waals surface area (Å²) >= 11 is 6.77. The molecule has 1 aromatic heterocycles. The topological polar surface area (TPSA) is 101 Å². The fourth-order valence-electron chi connectivity index (χ4n) is 2.84. The Balaban J connectivity index is 1.74. The van der Waals surface area contributed by atoms with Gasteiger partial charge in [0.15, 0.2) is 0 Å². The third-order valence-corrected chi connectivity index (χ3v) is 7.28. The number of sulfonamides is 1. The second kappa shape index (κ2) is 8.58. The number of aryl methyl sites for hydroxylation is 2. The zero-order chi connectivity index (χ0) is 21.2. The molecule has 0 aliphatic rings. The van der Waals surface area contributed by atoms with Crippen molar-refractivity contribution in [2.45, 2.75) is 31.2 Å². The van der Waals surface area contributed by atoms with Gasteiger partial charge in [-0.3, -0.25) is 10.1 Å². The highest BCUT2D eigenvalue weighted by Crippen LogP contribution is 2.25. The first-order chi connectivity index (χ1) is 13.7. The van der Waals surface area contributed by atoms with Gasteiger partial charge in [-0.15, -0.1) is 10.2 Å². The van der Waals surface area contributed by atoms with Crippen molar-refractivity contribution in [1.82, 2.24) is 14.9 Å². The van der Waals surface area contributed by atoms with Crippen LogP contribution in [0.1, 0.15) is 40.0 Å². The molecule has 29 heavy (non-hydrogen) atoms. The molecule has 0 aliphatic heterocycles. The molecule has 0 radical (unpaired) electrons. The van der Waals surface area contributed by atoms with Crippen LogP contribution in [0.25, 0.3) is 0 Å². The molecule has 0 aliphatic carbocycles. The Hall–Kier alpha value is -2.33. The van der Waals surface area contributed by atoms with Crippen LogP contribution in [0.5, 0.6) is 0 Å². The van der Waals surface area contributed by atoms with Crippen LogP contribution in [-0.4, -0.2) is 24.5 Å². The minimum absolute atomic E-state index is 0.0643. The van der Waals surface area contributed by atoms with Crippen molar-refractivity contribution in [3.05, 3.63) is 69.7 Å². The van der Waals surface area contributed by atoms with Gasteiger partial charge in [0.05, 0.1) is 10.6 Å². The summed E-state index contributed by atoms with van der Waals surface area (Å²) in [5.74, 6) is -0.493. The minimum atomic E-state index is -3.90. The van der Waals surface area contributed by atoms with E-state index in [0.29, 0.717) is 0 Å². The second-order valence-electron chi connectivity index (χ2n) is 6.51. The van der Waals surface area contributed by atoms with Crippen molar-refractivity contribution < 1.29 is 13.2 Å². The summed E-state index contributed by atoms with van der Waals surface area (Å²) in [7, 11) is -3.90. The van der Waals surface area contributed by atoms with Gasteiger partial charge >= 0.3 is 0 Å². The van der Waals surface area contributed by atoms with E-state index in [4.69, 9.17) is 11.6 Å².